The van der Waals surface area contributed by atoms with E-state index in [9.17, 15) is 4.79 Å². The van der Waals surface area contributed by atoms with Gasteiger partial charge in [-0.15, -0.1) is 23.1 Å². The largest absolute Gasteiger partial charge is 0.491 e. The molecule has 6 heteroatoms. The summed E-state index contributed by atoms with van der Waals surface area (Å²) < 4.78 is 6.59. The maximum Gasteiger partial charge on any atom is 0.153 e. The summed E-state index contributed by atoms with van der Waals surface area (Å²) in [5, 5.41) is 0. The third-order valence-corrected chi connectivity index (χ3v) is 5.12. The lowest BCUT2D eigenvalue weighted by molar-refractivity contribution is 0.111. The molecule has 0 aliphatic rings. The molecule has 0 radical (unpaired) electrons. The lowest BCUT2D eigenvalue weighted by Gasteiger charge is -2.11. The molecule has 0 amide bonds. The van der Waals surface area contributed by atoms with E-state index in [1.807, 2.05) is 30.8 Å². The van der Waals surface area contributed by atoms with Gasteiger partial charge in [0.15, 0.2) is 6.29 Å². The zero-order chi connectivity index (χ0) is 14.5. The second-order valence-electron chi connectivity index (χ2n) is 4.10. The van der Waals surface area contributed by atoms with Gasteiger partial charge in [-0.25, -0.2) is 4.98 Å². The third kappa shape index (κ3) is 3.62. The topological polar surface area (TPSA) is 39.2 Å². The van der Waals surface area contributed by atoms with Gasteiger partial charge in [-0.05, 0) is 41.2 Å². The summed E-state index contributed by atoms with van der Waals surface area (Å²) in [5.41, 5.74) is 3.46. The molecule has 2 aromatic rings. The van der Waals surface area contributed by atoms with Crippen LogP contribution in [-0.2, 0) is 6.42 Å². The van der Waals surface area contributed by atoms with Crippen LogP contribution in [0.2, 0.25) is 0 Å². The molecular formula is C14H14BrNO2S2. The van der Waals surface area contributed by atoms with E-state index >= 15 is 0 Å². The zero-order valence-corrected chi connectivity index (χ0v) is 14.4. The van der Waals surface area contributed by atoms with Gasteiger partial charge in [0.05, 0.1) is 27.8 Å². The maximum absolute atomic E-state index is 11.2. The van der Waals surface area contributed by atoms with Crippen LogP contribution in [0.3, 0.4) is 0 Å². The van der Waals surface area contributed by atoms with Crippen molar-refractivity contribution in [2.75, 3.05) is 12.9 Å². The Hall–Kier alpha value is -0.850. The molecule has 1 heterocycles. The van der Waals surface area contributed by atoms with Gasteiger partial charge in [-0.2, -0.15) is 0 Å². The highest BCUT2D eigenvalue weighted by Gasteiger charge is 2.11. The highest BCUT2D eigenvalue weighted by molar-refractivity contribution is 9.10. The van der Waals surface area contributed by atoms with Crippen molar-refractivity contribution in [3.8, 4) is 5.75 Å². The summed E-state index contributed by atoms with van der Waals surface area (Å²) in [6.45, 7) is 2.52. The van der Waals surface area contributed by atoms with E-state index in [1.165, 1.54) is 4.88 Å². The standard InChI is InChI=1S/C14H14BrNO2S2/c1-9-13(20-8-16-9)3-4-18-14-10(7-17)5-11(19-2)6-12(14)15/h5-8H,3-4H2,1-2H3. The lowest BCUT2D eigenvalue weighted by atomic mass is 10.2. The molecule has 0 bridgehead atoms. The van der Waals surface area contributed by atoms with E-state index in [1.54, 1.807) is 23.1 Å². The molecule has 0 saturated carbocycles. The van der Waals surface area contributed by atoms with Gasteiger partial charge in [0.25, 0.3) is 0 Å². The van der Waals surface area contributed by atoms with Gasteiger partial charge in [0.1, 0.15) is 5.75 Å². The summed E-state index contributed by atoms with van der Waals surface area (Å²) in [6.07, 6.45) is 3.60. The molecule has 0 aliphatic heterocycles. The Balaban J connectivity index is 2.09. The van der Waals surface area contributed by atoms with Crippen LogP contribution in [0, 0.1) is 6.92 Å². The van der Waals surface area contributed by atoms with Gasteiger partial charge in [0, 0.05) is 16.2 Å². The first kappa shape index (κ1) is 15.5. The third-order valence-electron chi connectivity index (χ3n) is 2.83. The molecule has 0 fully saturated rings. The molecule has 0 N–H and O–H groups in total. The molecule has 2 rings (SSSR count). The van der Waals surface area contributed by atoms with E-state index in [4.69, 9.17) is 4.74 Å². The average Bonchev–Trinajstić information content (AvgIpc) is 2.85. The van der Waals surface area contributed by atoms with E-state index in [0.29, 0.717) is 17.9 Å². The van der Waals surface area contributed by atoms with Gasteiger partial charge in [-0.3, -0.25) is 4.79 Å². The smallest absolute Gasteiger partial charge is 0.153 e. The lowest BCUT2D eigenvalue weighted by Crippen LogP contribution is -2.04. The number of halogens is 1. The Bertz CT molecular complexity index is 613. The molecule has 1 aromatic carbocycles. The second-order valence-corrected chi connectivity index (χ2v) is 6.78. The van der Waals surface area contributed by atoms with E-state index < -0.39 is 0 Å². The highest BCUT2D eigenvalue weighted by Crippen LogP contribution is 2.33. The predicted octanol–water partition coefficient (Wildman–Crippen LogP) is 4.37. The van der Waals surface area contributed by atoms with Crippen LogP contribution in [-0.4, -0.2) is 24.1 Å². The number of aromatic nitrogens is 1. The highest BCUT2D eigenvalue weighted by atomic mass is 79.9. The van der Waals surface area contributed by atoms with Crippen molar-refractivity contribution in [2.45, 2.75) is 18.2 Å². The molecule has 0 aliphatic carbocycles. The summed E-state index contributed by atoms with van der Waals surface area (Å²) in [7, 11) is 0. The Morgan fingerprint density at radius 1 is 1.50 bits per heavy atom. The number of rotatable bonds is 6. The first-order valence-corrected chi connectivity index (χ1v) is 8.90. The minimum atomic E-state index is 0.529. The van der Waals surface area contributed by atoms with Crippen LogP contribution >= 0.6 is 39.0 Å². The number of benzene rings is 1. The molecule has 1 aromatic heterocycles. The van der Waals surface area contributed by atoms with Crippen LogP contribution in [0.4, 0.5) is 0 Å². The fourth-order valence-electron chi connectivity index (χ4n) is 1.76. The minimum Gasteiger partial charge on any atom is -0.491 e. The Morgan fingerprint density at radius 3 is 2.90 bits per heavy atom. The molecule has 0 saturated heterocycles. The number of ether oxygens (including phenoxy) is 1. The molecule has 106 valence electrons. The van der Waals surface area contributed by atoms with Crippen LogP contribution in [0.5, 0.6) is 5.75 Å². The van der Waals surface area contributed by atoms with Crippen molar-refractivity contribution < 1.29 is 9.53 Å². The van der Waals surface area contributed by atoms with Gasteiger partial charge >= 0.3 is 0 Å². The maximum atomic E-state index is 11.2. The second kappa shape index (κ2) is 7.24. The van der Waals surface area contributed by atoms with Crippen LogP contribution in [0.1, 0.15) is 20.9 Å². The van der Waals surface area contributed by atoms with E-state index in [0.717, 1.165) is 27.8 Å². The van der Waals surface area contributed by atoms with Crippen LogP contribution in [0.15, 0.2) is 27.0 Å². The van der Waals surface area contributed by atoms with Crippen molar-refractivity contribution in [3.05, 3.63) is 38.3 Å². The molecular weight excluding hydrogens is 358 g/mol. The number of aryl methyl sites for hydroxylation is 1. The molecule has 0 atom stereocenters. The molecule has 3 nitrogen and oxygen atoms in total. The van der Waals surface area contributed by atoms with Crippen LogP contribution < -0.4 is 4.74 Å². The number of carbonyl (C=O) groups is 1. The SMILES string of the molecule is CSc1cc(Br)c(OCCc2scnc2C)c(C=O)c1. The Kier molecular flexibility index (Phi) is 5.63. The van der Waals surface area contributed by atoms with Gasteiger partial charge < -0.3 is 4.74 Å². The molecule has 0 spiro atoms. The Morgan fingerprint density at radius 2 is 2.30 bits per heavy atom. The number of hydrogen-bond acceptors (Lipinski definition) is 5. The monoisotopic (exact) mass is 371 g/mol. The van der Waals surface area contributed by atoms with Crippen molar-refractivity contribution in [1.82, 2.24) is 4.98 Å². The number of nitrogens with zero attached hydrogens (tertiary/aromatic N) is 1. The van der Waals surface area contributed by atoms with Gasteiger partial charge in [0.2, 0.25) is 0 Å². The summed E-state index contributed by atoms with van der Waals surface area (Å²) in [4.78, 5) is 17.6. The average molecular weight is 372 g/mol. The van der Waals surface area contributed by atoms with Crippen molar-refractivity contribution in [1.29, 1.82) is 0 Å². The number of thiazole rings is 1. The number of thioether (sulfide) groups is 1. The van der Waals surface area contributed by atoms with Crippen molar-refractivity contribution >= 4 is 45.3 Å². The van der Waals surface area contributed by atoms with Crippen molar-refractivity contribution in [2.24, 2.45) is 0 Å². The minimum absolute atomic E-state index is 0.529. The van der Waals surface area contributed by atoms with E-state index in [-0.39, 0.29) is 0 Å². The quantitative estimate of drug-likeness (QED) is 0.558. The molecule has 0 unspecified atom stereocenters. The first-order chi connectivity index (χ1) is 9.65. The fraction of sp³-hybridized carbons (Fsp3) is 0.286. The normalized spacial score (nSPS) is 10.6. The van der Waals surface area contributed by atoms with E-state index in [2.05, 4.69) is 20.9 Å². The predicted molar refractivity (Wildman–Crippen MR) is 87.4 cm³/mol. The van der Waals surface area contributed by atoms with Crippen LogP contribution in [0.25, 0.3) is 0 Å². The molecule has 20 heavy (non-hydrogen) atoms. The fourth-order valence-corrected chi connectivity index (χ4v) is 3.74. The first-order valence-electron chi connectivity index (χ1n) is 6.00. The summed E-state index contributed by atoms with van der Waals surface area (Å²) >= 11 is 6.69. The number of hydrogen-bond donors (Lipinski definition) is 0. The Labute approximate surface area is 134 Å². The zero-order valence-electron chi connectivity index (χ0n) is 11.2. The number of aldehydes is 1. The van der Waals surface area contributed by atoms with Crippen molar-refractivity contribution in [3.63, 3.8) is 0 Å². The summed E-state index contributed by atoms with van der Waals surface area (Å²) in [6, 6.07) is 3.81. The van der Waals surface area contributed by atoms with Gasteiger partial charge in [-0.1, -0.05) is 0 Å². The summed E-state index contributed by atoms with van der Waals surface area (Å²) in [5.74, 6) is 0.611. The number of carbonyl (C=O) groups excluding carboxylic acids is 1.